The molecule has 1 aliphatic carbocycles. The Kier molecular flexibility index (Phi) is 6.53. The van der Waals surface area contributed by atoms with Crippen LogP contribution in [0.3, 0.4) is 0 Å². The minimum Gasteiger partial charge on any atom is -0.383 e. The first kappa shape index (κ1) is 22.7. The molecule has 8 heteroatoms. The molecule has 3 unspecified atom stereocenters. The van der Waals surface area contributed by atoms with E-state index < -0.39 is 12.0 Å². The van der Waals surface area contributed by atoms with E-state index in [1.54, 1.807) is 6.20 Å². The van der Waals surface area contributed by atoms with Crippen molar-refractivity contribution >= 4 is 23.0 Å². The number of hydrogen-bond acceptors (Lipinski definition) is 6. The first-order valence-electron chi connectivity index (χ1n) is 10.9. The molecule has 1 aliphatic rings. The van der Waals surface area contributed by atoms with Gasteiger partial charge in [0.05, 0.1) is 4.88 Å². The summed E-state index contributed by atoms with van der Waals surface area (Å²) in [5, 5.41) is 15.1. The Hall–Kier alpha value is -2.45. The number of halogens is 2. The number of nitrogens with one attached hydrogen (secondary N) is 1. The second-order valence-corrected chi connectivity index (χ2v) is 10.00. The summed E-state index contributed by atoms with van der Waals surface area (Å²) in [5.74, 6) is 0.953. The predicted molar refractivity (Wildman–Crippen MR) is 123 cm³/mol. The van der Waals surface area contributed by atoms with Gasteiger partial charge in [0.15, 0.2) is 0 Å². The Morgan fingerprint density at radius 3 is 2.78 bits per heavy atom. The SMILES string of the molecule is Cc1cc(Nc2nccc(C(F)F)n2)cc(-c2cnc(C(C)(O)C3CCCC(C)C3)s2)c1. The molecule has 170 valence electrons. The van der Waals surface area contributed by atoms with Gasteiger partial charge >= 0.3 is 0 Å². The van der Waals surface area contributed by atoms with E-state index in [-0.39, 0.29) is 17.6 Å². The van der Waals surface area contributed by atoms with E-state index in [9.17, 15) is 13.9 Å². The topological polar surface area (TPSA) is 70.9 Å². The highest BCUT2D eigenvalue weighted by atomic mass is 32.1. The Bertz CT molecular complexity index is 1090. The molecule has 2 N–H and O–H groups in total. The molecule has 0 spiro atoms. The summed E-state index contributed by atoms with van der Waals surface area (Å²) in [7, 11) is 0. The Morgan fingerprint density at radius 1 is 1.22 bits per heavy atom. The number of alkyl halides is 2. The lowest BCUT2D eigenvalue weighted by Gasteiger charge is -2.36. The fraction of sp³-hybridized carbons (Fsp3) is 0.458. The van der Waals surface area contributed by atoms with E-state index in [0.29, 0.717) is 11.6 Å². The van der Waals surface area contributed by atoms with Gasteiger partial charge in [0.1, 0.15) is 16.3 Å². The molecule has 32 heavy (non-hydrogen) atoms. The lowest BCUT2D eigenvalue weighted by Crippen LogP contribution is -2.34. The Labute approximate surface area is 191 Å². The Balaban J connectivity index is 1.58. The van der Waals surface area contributed by atoms with Crippen LogP contribution in [0.1, 0.15) is 62.2 Å². The summed E-state index contributed by atoms with van der Waals surface area (Å²) < 4.78 is 25.9. The zero-order valence-corrected chi connectivity index (χ0v) is 19.3. The second kappa shape index (κ2) is 9.19. The van der Waals surface area contributed by atoms with Gasteiger partial charge < -0.3 is 10.4 Å². The van der Waals surface area contributed by atoms with E-state index >= 15 is 0 Å². The smallest absolute Gasteiger partial charge is 0.280 e. The molecule has 2 heterocycles. The first-order chi connectivity index (χ1) is 15.2. The van der Waals surface area contributed by atoms with Gasteiger partial charge in [0.25, 0.3) is 6.43 Å². The van der Waals surface area contributed by atoms with E-state index in [0.717, 1.165) is 40.3 Å². The van der Waals surface area contributed by atoms with Crippen LogP contribution in [0.2, 0.25) is 0 Å². The van der Waals surface area contributed by atoms with Crippen LogP contribution >= 0.6 is 11.3 Å². The van der Waals surface area contributed by atoms with Crippen LogP contribution in [0.25, 0.3) is 10.4 Å². The van der Waals surface area contributed by atoms with Crippen molar-refractivity contribution in [1.82, 2.24) is 15.0 Å². The lowest BCUT2D eigenvalue weighted by atomic mass is 9.74. The lowest BCUT2D eigenvalue weighted by molar-refractivity contribution is -0.0295. The van der Waals surface area contributed by atoms with Gasteiger partial charge in [-0.25, -0.2) is 23.7 Å². The van der Waals surface area contributed by atoms with Crippen molar-refractivity contribution in [1.29, 1.82) is 0 Å². The summed E-state index contributed by atoms with van der Waals surface area (Å²) >= 11 is 1.50. The van der Waals surface area contributed by atoms with E-state index in [2.05, 4.69) is 27.2 Å². The van der Waals surface area contributed by atoms with Crippen LogP contribution in [-0.4, -0.2) is 20.1 Å². The van der Waals surface area contributed by atoms with Gasteiger partial charge in [0.2, 0.25) is 5.95 Å². The fourth-order valence-corrected chi connectivity index (χ4v) is 5.47. The van der Waals surface area contributed by atoms with Crippen molar-refractivity contribution < 1.29 is 13.9 Å². The number of aliphatic hydroxyl groups is 1. The van der Waals surface area contributed by atoms with Crippen LogP contribution in [0.5, 0.6) is 0 Å². The van der Waals surface area contributed by atoms with Crippen LogP contribution in [0.15, 0.2) is 36.7 Å². The summed E-state index contributed by atoms with van der Waals surface area (Å²) in [6.45, 7) is 6.10. The number of anilines is 2. The molecular weight excluding hydrogens is 430 g/mol. The molecule has 0 amide bonds. The molecule has 2 aromatic heterocycles. The van der Waals surface area contributed by atoms with Crippen molar-refractivity contribution in [2.75, 3.05) is 5.32 Å². The molecule has 0 radical (unpaired) electrons. The van der Waals surface area contributed by atoms with E-state index in [1.807, 2.05) is 32.0 Å². The zero-order chi connectivity index (χ0) is 22.9. The van der Waals surface area contributed by atoms with Gasteiger partial charge in [-0.15, -0.1) is 11.3 Å². The summed E-state index contributed by atoms with van der Waals surface area (Å²) in [4.78, 5) is 13.4. The maximum Gasteiger partial charge on any atom is 0.280 e. The van der Waals surface area contributed by atoms with Gasteiger partial charge in [-0.05, 0) is 67.9 Å². The largest absolute Gasteiger partial charge is 0.383 e. The maximum atomic E-state index is 12.9. The number of hydrogen-bond donors (Lipinski definition) is 2. The number of nitrogens with zero attached hydrogens (tertiary/aromatic N) is 3. The highest BCUT2D eigenvalue weighted by Crippen LogP contribution is 2.43. The van der Waals surface area contributed by atoms with Crippen molar-refractivity contribution in [3.8, 4) is 10.4 Å². The monoisotopic (exact) mass is 458 g/mol. The summed E-state index contributed by atoms with van der Waals surface area (Å²) in [5.41, 5.74) is 1.37. The number of benzene rings is 1. The molecule has 5 nitrogen and oxygen atoms in total. The molecule has 4 rings (SSSR count). The third-order valence-electron chi connectivity index (χ3n) is 6.19. The van der Waals surface area contributed by atoms with Crippen LogP contribution in [-0.2, 0) is 5.60 Å². The van der Waals surface area contributed by atoms with Crippen molar-refractivity contribution in [3.63, 3.8) is 0 Å². The normalized spacial score (nSPS) is 20.8. The third kappa shape index (κ3) is 4.96. The first-order valence-corrected chi connectivity index (χ1v) is 11.7. The number of rotatable bonds is 6. The highest BCUT2D eigenvalue weighted by molar-refractivity contribution is 7.15. The fourth-order valence-electron chi connectivity index (χ4n) is 4.44. The number of aryl methyl sites for hydroxylation is 1. The van der Waals surface area contributed by atoms with Gasteiger partial charge in [0, 0.05) is 18.1 Å². The molecule has 0 saturated heterocycles. The van der Waals surface area contributed by atoms with Crippen molar-refractivity contribution in [2.45, 2.75) is 58.5 Å². The average Bonchev–Trinajstić information content (AvgIpc) is 3.25. The standard InChI is InChI=1S/C24H28F2N4OS/c1-14-5-4-6-17(10-14)24(3,31)22-28-13-20(32-22)16-9-15(2)11-18(12-16)29-23-27-8-7-19(30-23)21(25)26/h7-9,11-14,17,21,31H,4-6,10H2,1-3H3,(H,27,29,30). The molecule has 3 atom stereocenters. The van der Waals surface area contributed by atoms with Gasteiger partial charge in [-0.1, -0.05) is 25.8 Å². The predicted octanol–water partition coefficient (Wildman–Crippen LogP) is 6.62. The van der Waals surface area contributed by atoms with Gasteiger partial charge in [-0.3, -0.25) is 0 Å². The zero-order valence-electron chi connectivity index (χ0n) is 18.5. The quantitative estimate of drug-likeness (QED) is 0.434. The van der Waals surface area contributed by atoms with Crippen molar-refractivity contribution in [3.05, 3.63) is 52.9 Å². The molecule has 0 bridgehead atoms. The van der Waals surface area contributed by atoms with E-state index in [4.69, 9.17) is 0 Å². The van der Waals surface area contributed by atoms with Gasteiger partial charge in [-0.2, -0.15) is 0 Å². The molecule has 1 saturated carbocycles. The van der Waals surface area contributed by atoms with Crippen LogP contribution in [0, 0.1) is 18.8 Å². The van der Waals surface area contributed by atoms with E-state index in [1.165, 1.54) is 30.0 Å². The van der Waals surface area contributed by atoms with Crippen molar-refractivity contribution in [2.24, 2.45) is 11.8 Å². The number of thiazole rings is 1. The third-order valence-corrected chi connectivity index (χ3v) is 7.46. The van der Waals surface area contributed by atoms with Crippen LogP contribution in [0.4, 0.5) is 20.4 Å². The summed E-state index contributed by atoms with van der Waals surface area (Å²) in [6, 6.07) is 7.06. The molecule has 1 fully saturated rings. The molecular formula is C24H28F2N4OS. The number of aromatic nitrogens is 3. The molecule has 1 aromatic carbocycles. The molecule has 0 aliphatic heterocycles. The minimum absolute atomic E-state index is 0.124. The van der Waals surface area contributed by atoms with Crippen LogP contribution < -0.4 is 5.32 Å². The highest BCUT2D eigenvalue weighted by Gasteiger charge is 2.38. The average molecular weight is 459 g/mol. The maximum absolute atomic E-state index is 12.9. The Morgan fingerprint density at radius 2 is 2.03 bits per heavy atom. The minimum atomic E-state index is -2.65. The summed E-state index contributed by atoms with van der Waals surface area (Å²) in [6.07, 6.45) is 4.85. The molecule has 3 aromatic rings. The second-order valence-electron chi connectivity index (χ2n) is 8.96.